The van der Waals surface area contributed by atoms with Gasteiger partial charge >= 0.3 is 0 Å². The Balaban J connectivity index is 1.62. The van der Waals surface area contributed by atoms with Gasteiger partial charge in [0.05, 0.1) is 22.3 Å². The molecule has 0 bridgehead atoms. The fraction of sp³-hybridized carbons (Fsp3) is 0.269. The lowest BCUT2D eigenvalue weighted by Gasteiger charge is -2.21. The Labute approximate surface area is 213 Å². The first-order valence-electron chi connectivity index (χ1n) is 11.1. The van der Waals surface area contributed by atoms with Gasteiger partial charge in [0, 0.05) is 34.9 Å². The maximum atomic E-state index is 12.2. The van der Waals surface area contributed by atoms with Crippen LogP contribution in [0.1, 0.15) is 60.2 Å². The zero-order chi connectivity index (χ0) is 25.3. The molecule has 7 nitrogen and oxygen atoms in total. The van der Waals surface area contributed by atoms with Crippen molar-refractivity contribution in [1.29, 1.82) is 5.26 Å². The van der Waals surface area contributed by atoms with E-state index in [4.69, 9.17) is 22.1 Å². The van der Waals surface area contributed by atoms with Gasteiger partial charge in [0.25, 0.3) is 5.91 Å². The summed E-state index contributed by atoms with van der Waals surface area (Å²) in [7, 11) is 0. The predicted octanol–water partition coefficient (Wildman–Crippen LogP) is 5.71. The summed E-state index contributed by atoms with van der Waals surface area (Å²) in [5.41, 5.74) is 9.48. The molecule has 3 heterocycles. The molecule has 3 aromatic heterocycles. The fourth-order valence-electron chi connectivity index (χ4n) is 3.62. The molecule has 0 fully saturated rings. The molecule has 1 aromatic carbocycles. The van der Waals surface area contributed by atoms with Crippen LogP contribution < -0.4 is 15.8 Å². The second-order valence-corrected chi connectivity index (χ2v) is 10.7. The number of pyridine rings is 1. The first kappa shape index (κ1) is 24.7. The van der Waals surface area contributed by atoms with Crippen molar-refractivity contribution < 1.29 is 9.53 Å². The Hall–Kier alpha value is -3.38. The number of amides is 1. The van der Waals surface area contributed by atoms with Crippen molar-refractivity contribution in [3.8, 4) is 22.4 Å². The van der Waals surface area contributed by atoms with E-state index in [0.717, 1.165) is 21.7 Å². The van der Waals surface area contributed by atoms with Crippen LogP contribution >= 0.6 is 22.9 Å². The van der Waals surface area contributed by atoms with E-state index in [2.05, 4.69) is 37.1 Å². The van der Waals surface area contributed by atoms with E-state index in [1.807, 2.05) is 29.5 Å². The zero-order valence-corrected chi connectivity index (χ0v) is 21.5. The van der Waals surface area contributed by atoms with Gasteiger partial charge in [0.15, 0.2) is 0 Å². The molecule has 0 unspecified atom stereocenters. The average Bonchev–Trinajstić information content (AvgIpc) is 3.40. The largest absolute Gasteiger partial charge is 0.484 e. The molecular formula is C26H26ClN5O2S. The van der Waals surface area contributed by atoms with Crippen molar-refractivity contribution in [2.75, 3.05) is 0 Å². The summed E-state index contributed by atoms with van der Waals surface area (Å²) in [5.74, 6) is -0.199. The Bertz CT molecular complexity index is 1440. The van der Waals surface area contributed by atoms with Gasteiger partial charge in [-0.25, -0.2) is 4.98 Å². The van der Waals surface area contributed by atoms with Crippen molar-refractivity contribution in [3.63, 3.8) is 0 Å². The number of nitriles is 1. The number of imidazole rings is 1. The molecule has 0 saturated heterocycles. The monoisotopic (exact) mass is 507 g/mol. The quantitative estimate of drug-likeness (QED) is 0.333. The number of nitrogens with one attached hydrogen (secondary N) is 1. The predicted molar refractivity (Wildman–Crippen MR) is 139 cm³/mol. The number of nitrogens with zero attached hydrogens (tertiary/aromatic N) is 3. The summed E-state index contributed by atoms with van der Waals surface area (Å²) in [5, 5.41) is 13.3. The van der Waals surface area contributed by atoms with E-state index < -0.39 is 12.0 Å². The molecule has 35 heavy (non-hydrogen) atoms. The Morgan fingerprint density at radius 3 is 2.74 bits per heavy atom. The highest BCUT2D eigenvalue weighted by atomic mass is 35.5. The molecule has 9 heteroatoms. The van der Waals surface area contributed by atoms with E-state index in [0.29, 0.717) is 33.4 Å². The maximum Gasteiger partial charge on any atom is 0.262 e. The lowest BCUT2D eigenvalue weighted by molar-refractivity contribution is 0.0998. The van der Waals surface area contributed by atoms with Crippen LogP contribution in [0.5, 0.6) is 5.75 Å². The minimum Gasteiger partial charge on any atom is -0.484 e. The molecule has 0 spiro atoms. The van der Waals surface area contributed by atoms with Crippen molar-refractivity contribution in [3.05, 3.63) is 75.4 Å². The number of benzene rings is 1. The van der Waals surface area contributed by atoms with Gasteiger partial charge < -0.3 is 15.8 Å². The van der Waals surface area contributed by atoms with E-state index in [1.165, 1.54) is 11.3 Å². The Morgan fingerprint density at radius 2 is 2.09 bits per heavy atom. The topological polar surface area (TPSA) is 105 Å². The summed E-state index contributed by atoms with van der Waals surface area (Å²) in [6.07, 6.45) is 2.99. The highest BCUT2D eigenvalue weighted by molar-refractivity contribution is 7.17. The normalized spacial score (nSPS) is 12.5. The number of thiophene rings is 1. The number of primary amides is 1. The molecule has 4 aromatic rings. The fourth-order valence-corrected chi connectivity index (χ4v) is 4.93. The molecule has 1 atom stereocenters. The number of carbonyl (C=O) groups is 1. The minimum atomic E-state index is -0.579. The molecular weight excluding hydrogens is 482 g/mol. The highest BCUT2D eigenvalue weighted by Gasteiger charge is 2.22. The van der Waals surface area contributed by atoms with Crippen LogP contribution in [0.2, 0.25) is 5.02 Å². The summed E-state index contributed by atoms with van der Waals surface area (Å²) >= 11 is 7.81. The van der Waals surface area contributed by atoms with Crippen molar-refractivity contribution in [1.82, 2.24) is 14.7 Å². The van der Waals surface area contributed by atoms with E-state index in [-0.39, 0.29) is 5.54 Å². The Kier molecular flexibility index (Phi) is 6.86. The third-order valence-electron chi connectivity index (χ3n) is 5.44. The molecule has 0 aliphatic carbocycles. The molecule has 0 aliphatic heterocycles. The average molecular weight is 508 g/mol. The molecule has 1 amide bonds. The van der Waals surface area contributed by atoms with Crippen LogP contribution in [-0.4, -0.2) is 20.8 Å². The number of hydrogen-bond donors (Lipinski definition) is 2. The van der Waals surface area contributed by atoms with E-state index >= 15 is 0 Å². The zero-order valence-electron chi connectivity index (χ0n) is 19.9. The molecule has 0 aliphatic rings. The molecule has 4 rings (SSSR count). The van der Waals surface area contributed by atoms with Crippen molar-refractivity contribution in [2.45, 2.75) is 45.9 Å². The lowest BCUT2D eigenvalue weighted by Crippen LogP contribution is -2.35. The number of ether oxygens (including phenoxy) is 1. The van der Waals surface area contributed by atoms with Crippen LogP contribution in [0.25, 0.3) is 16.2 Å². The van der Waals surface area contributed by atoms with E-state index in [1.54, 1.807) is 30.6 Å². The molecule has 0 radical (unpaired) electrons. The van der Waals surface area contributed by atoms with Crippen LogP contribution in [0.15, 0.2) is 48.8 Å². The maximum absolute atomic E-state index is 12.2. The molecule has 0 saturated carbocycles. The SMILES string of the molecule is C[C@@H](Oc1cc(-c2cnc3ccc(C#N)cn23)sc1C(N)=O)c1ccc(CNC(C)(C)C)cc1Cl. The second-order valence-electron chi connectivity index (χ2n) is 9.29. The minimum absolute atomic E-state index is 0.000379. The summed E-state index contributed by atoms with van der Waals surface area (Å²) in [6.45, 7) is 8.91. The van der Waals surface area contributed by atoms with Crippen molar-refractivity contribution >= 4 is 34.5 Å². The summed E-state index contributed by atoms with van der Waals surface area (Å²) in [6, 6.07) is 13.3. The first-order valence-corrected chi connectivity index (χ1v) is 12.3. The van der Waals surface area contributed by atoms with Crippen LogP contribution in [0.4, 0.5) is 0 Å². The Morgan fingerprint density at radius 1 is 1.31 bits per heavy atom. The number of nitrogens with two attached hydrogens (primary N) is 1. The highest BCUT2D eigenvalue weighted by Crippen LogP contribution is 2.39. The van der Waals surface area contributed by atoms with Crippen LogP contribution in [0, 0.1) is 11.3 Å². The second kappa shape index (κ2) is 9.70. The van der Waals surface area contributed by atoms with Crippen molar-refractivity contribution in [2.24, 2.45) is 5.73 Å². The van der Waals surface area contributed by atoms with Crippen LogP contribution in [-0.2, 0) is 6.54 Å². The van der Waals surface area contributed by atoms with E-state index in [9.17, 15) is 10.1 Å². The third-order valence-corrected chi connectivity index (χ3v) is 6.92. The van der Waals surface area contributed by atoms with Gasteiger partial charge in [-0.15, -0.1) is 11.3 Å². The molecule has 180 valence electrons. The van der Waals surface area contributed by atoms with Gasteiger partial charge in [-0.05, 0) is 51.5 Å². The number of hydrogen-bond acceptors (Lipinski definition) is 6. The van der Waals surface area contributed by atoms with Gasteiger partial charge in [0.2, 0.25) is 0 Å². The van der Waals surface area contributed by atoms with Crippen LogP contribution in [0.3, 0.4) is 0 Å². The third kappa shape index (κ3) is 5.49. The molecule has 3 N–H and O–H groups in total. The smallest absolute Gasteiger partial charge is 0.262 e. The number of halogens is 1. The van der Waals surface area contributed by atoms with Gasteiger partial charge in [0.1, 0.15) is 28.4 Å². The first-order chi connectivity index (χ1) is 16.6. The summed E-state index contributed by atoms with van der Waals surface area (Å²) < 4.78 is 8.00. The number of fused-ring (bicyclic) bond motifs is 1. The standard InChI is InChI=1S/C26H26ClN5O2S/c1-15(18-7-5-16(9-19(18)27)12-31-26(2,3)4)34-21-10-22(35-24(21)25(29)33)20-13-30-23-8-6-17(11-28)14-32(20)23/h5-10,13-15,31H,12H2,1-4H3,(H2,29,33)/t15-/m1/s1. The number of rotatable bonds is 7. The van der Waals surface area contributed by atoms with Gasteiger partial charge in [-0.1, -0.05) is 23.7 Å². The number of carbonyl (C=O) groups excluding carboxylic acids is 1. The lowest BCUT2D eigenvalue weighted by atomic mass is 10.1. The van der Waals surface area contributed by atoms with Gasteiger partial charge in [-0.2, -0.15) is 5.26 Å². The summed E-state index contributed by atoms with van der Waals surface area (Å²) in [4.78, 5) is 17.7. The van der Waals surface area contributed by atoms with Gasteiger partial charge in [-0.3, -0.25) is 9.20 Å². The number of aromatic nitrogens is 2.